The third-order valence-corrected chi connectivity index (χ3v) is 7.98. The molecule has 0 radical (unpaired) electrons. The Kier molecular flexibility index (Phi) is 6.55. The highest BCUT2D eigenvalue weighted by Gasteiger charge is 2.30. The van der Waals surface area contributed by atoms with E-state index in [2.05, 4.69) is 14.8 Å². The largest absolute Gasteiger partial charge is 0.495 e. The highest BCUT2D eigenvalue weighted by molar-refractivity contribution is 7.89. The monoisotopic (exact) mass is 465 g/mol. The molecule has 0 bridgehead atoms. The van der Waals surface area contributed by atoms with Gasteiger partial charge in [-0.2, -0.15) is 9.29 Å². The number of piperazine rings is 1. The van der Waals surface area contributed by atoms with E-state index in [0.717, 1.165) is 30.5 Å². The number of hydrogen-bond donors (Lipinski definition) is 0. The van der Waals surface area contributed by atoms with E-state index in [1.54, 1.807) is 6.07 Å². The number of aromatic nitrogens is 2. The first-order chi connectivity index (χ1) is 14.9. The van der Waals surface area contributed by atoms with E-state index in [-0.39, 0.29) is 9.92 Å². The predicted octanol–water partition coefficient (Wildman–Crippen LogP) is 2.95. The Balaban J connectivity index is 1.47. The van der Waals surface area contributed by atoms with Crippen LogP contribution in [0.2, 0.25) is 5.02 Å². The van der Waals surface area contributed by atoms with Gasteiger partial charge in [0.05, 0.1) is 17.0 Å². The van der Waals surface area contributed by atoms with Gasteiger partial charge in [-0.05, 0) is 44.4 Å². The highest BCUT2D eigenvalue weighted by Crippen LogP contribution is 2.29. The molecule has 1 aromatic carbocycles. The summed E-state index contributed by atoms with van der Waals surface area (Å²) in [6.07, 6.45) is 3.59. The van der Waals surface area contributed by atoms with E-state index in [1.165, 1.54) is 42.8 Å². The van der Waals surface area contributed by atoms with Gasteiger partial charge in [0.15, 0.2) is 0 Å². The quantitative estimate of drug-likeness (QED) is 0.671. The highest BCUT2D eigenvalue weighted by atomic mass is 35.5. The third-order valence-electron chi connectivity index (χ3n) is 5.79. The molecule has 2 aliphatic rings. The number of ether oxygens (including phenoxy) is 1. The Morgan fingerprint density at radius 1 is 0.935 bits per heavy atom. The Bertz CT molecular complexity index is 1040. The molecule has 2 fully saturated rings. The first kappa shape index (κ1) is 22.1. The number of piperidine rings is 1. The van der Waals surface area contributed by atoms with Crippen molar-refractivity contribution in [3.63, 3.8) is 0 Å². The Morgan fingerprint density at radius 2 is 1.65 bits per heavy atom. The molecule has 8 nitrogen and oxygen atoms in total. The smallest absolute Gasteiger partial charge is 0.243 e. The van der Waals surface area contributed by atoms with Crippen LogP contribution in [0.15, 0.2) is 29.2 Å². The molecular formula is C21H28ClN5O3S. The molecule has 168 valence electrons. The van der Waals surface area contributed by atoms with Crippen molar-refractivity contribution in [2.75, 3.05) is 56.2 Å². The van der Waals surface area contributed by atoms with Crippen LogP contribution in [0.1, 0.15) is 25.0 Å². The lowest BCUT2D eigenvalue weighted by Gasteiger charge is -2.35. The Labute approximate surface area is 188 Å². The molecular weight excluding hydrogens is 438 g/mol. The lowest BCUT2D eigenvalue weighted by atomic mass is 10.1. The van der Waals surface area contributed by atoms with Crippen LogP contribution >= 0.6 is 11.6 Å². The molecule has 31 heavy (non-hydrogen) atoms. The number of aryl methyl sites for hydroxylation is 1. The van der Waals surface area contributed by atoms with Crippen molar-refractivity contribution < 1.29 is 13.2 Å². The van der Waals surface area contributed by atoms with Crippen LogP contribution in [0.5, 0.6) is 5.75 Å². The van der Waals surface area contributed by atoms with Crippen LogP contribution in [0, 0.1) is 6.92 Å². The van der Waals surface area contributed by atoms with Crippen LogP contribution in [0.25, 0.3) is 0 Å². The van der Waals surface area contributed by atoms with Gasteiger partial charge in [-0.3, -0.25) is 0 Å². The molecule has 1 aromatic heterocycles. The molecule has 2 aromatic rings. The summed E-state index contributed by atoms with van der Waals surface area (Å²) in [5, 5.41) is 0.281. The molecule has 10 heteroatoms. The van der Waals surface area contributed by atoms with Crippen molar-refractivity contribution in [3.05, 3.63) is 35.0 Å². The number of sulfonamides is 1. The van der Waals surface area contributed by atoms with Gasteiger partial charge in [0.1, 0.15) is 11.6 Å². The van der Waals surface area contributed by atoms with Crippen molar-refractivity contribution >= 4 is 33.4 Å². The number of methoxy groups -OCH3 is 1. The van der Waals surface area contributed by atoms with E-state index in [4.69, 9.17) is 21.3 Å². The summed E-state index contributed by atoms with van der Waals surface area (Å²) < 4.78 is 32.8. The average molecular weight is 466 g/mol. The fourth-order valence-electron chi connectivity index (χ4n) is 4.05. The summed E-state index contributed by atoms with van der Waals surface area (Å²) >= 11 is 6.14. The van der Waals surface area contributed by atoms with Gasteiger partial charge in [0.25, 0.3) is 0 Å². The standard InChI is InChI=1S/C21H28ClN5O3S/c1-16-14-20(24-21(23-16)26-8-4-3-5-9-26)25-10-12-27(13-11-25)31(28,29)17-6-7-19(30-2)18(22)15-17/h6-7,14-15H,3-5,8-13H2,1-2H3. The fourth-order valence-corrected chi connectivity index (χ4v) is 5.82. The molecule has 0 amide bonds. The van der Waals surface area contributed by atoms with Crippen LogP contribution in [-0.2, 0) is 10.0 Å². The molecule has 2 saturated heterocycles. The second-order valence-electron chi connectivity index (χ2n) is 7.90. The number of nitrogens with zero attached hydrogens (tertiary/aromatic N) is 5. The Morgan fingerprint density at radius 3 is 2.29 bits per heavy atom. The van der Waals surface area contributed by atoms with Gasteiger partial charge in [-0.1, -0.05) is 11.6 Å². The van der Waals surface area contributed by atoms with Gasteiger partial charge >= 0.3 is 0 Å². The summed E-state index contributed by atoms with van der Waals surface area (Å²) in [6, 6.07) is 6.53. The number of hydrogen-bond acceptors (Lipinski definition) is 7. The van der Waals surface area contributed by atoms with Gasteiger partial charge in [-0.15, -0.1) is 0 Å². The van der Waals surface area contributed by atoms with Gasteiger partial charge in [0, 0.05) is 51.0 Å². The van der Waals surface area contributed by atoms with E-state index in [9.17, 15) is 8.42 Å². The Hall–Kier alpha value is -2.10. The molecule has 3 heterocycles. The van der Waals surface area contributed by atoms with Gasteiger partial charge in [-0.25, -0.2) is 13.4 Å². The summed E-state index contributed by atoms with van der Waals surface area (Å²) in [5.74, 6) is 2.09. The minimum absolute atomic E-state index is 0.178. The molecule has 0 saturated carbocycles. The lowest BCUT2D eigenvalue weighted by Crippen LogP contribution is -2.49. The summed E-state index contributed by atoms with van der Waals surface area (Å²) in [4.78, 5) is 14.0. The zero-order valence-corrected chi connectivity index (χ0v) is 19.5. The molecule has 0 atom stereocenters. The summed E-state index contributed by atoms with van der Waals surface area (Å²) in [7, 11) is -2.12. The topological polar surface area (TPSA) is 78.9 Å². The normalized spacial score (nSPS) is 18.3. The lowest BCUT2D eigenvalue weighted by molar-refractivity contribution is 0.383. The number of anilines is 2. The van der Waals surface area contributed by atoms with E-state index < -0.39 is 10.0 Å². The molecule has 4 rings (SSSR count). The predicted molar refractivity (Wildman–Crippen MR) is 122 cm³/mol. The zero-order valence-electron chi connectivity index (χ0n) is 17.9. The second kappa shape index (κ2) is 9.18. The van der Waals surface area contributed by atoms with Crippen molar-refractivity contribution in [3.8, 4) is 5.75 Å². The number of halogens is 1. The maximum absolute atomic E-state index is 13.1. The van der Waals surface area contributed by atoms with E-state index >= 15 is 0 Å². The minimum atomic E-state index is -3.62. The fraction of sp³-hybridized carbons (Fsp3) is 0.524. The van der Waals surface area contributed by atoms with Crippen LogP contribution in [0.3, 0.4) is 0 Å². The number of benzene rings is 1. The van der Waals surface area contributed by atoms with Crippen molar-refractivity contribution in [1.29, 1.82) is 0 Å². The summed E-state index contributed by atoms with van der Waals surface area (Å²) in [5.41, 5.74) is 0.925. The van der Waals surface area contributed by atoms with Gasteiger partial charge in [0.2, 0.25) is 16.0 Å². The molecule has 0 aliphatic carbocycles. The summed E-state index contributed by atoms with van der Waals surface area (Å²) in [6.45, 7) is 5.85. The maximum atomic E-state index is 13.1. The molecule has 2 aliphatic heterocycles. The molecule has 0 N–H and O–H groups in total. The van der Waals surface area contributed by atoms with E-state index in [1.807, 2.05) is 13.0 Å². The van der Waals surface area contributed by atoms with Crippen molar-refractivity contribution in [2.45, 2.75) is 31.1 Å². The molecule has 0 unspecified atom stereocenters. The molecule has 0 spiro atoms. The van der Waals surface area contributed by atoms with Gasteiger partial charge < -0.3 is 14.5 Å². The average Bonchev–Trinajstić information content (AvgIpc) is 2.79. The third kappa shape index (κ3) is 4.73. The van der Waals surface area contributed by atoms with Crippen LogP contribution in [0.4, 0.5) is 11.8 Å². The van der Waals surface area contributed by atoms with Crippen molar-refractivity contribution in [1.82, 2.24) is 14.3 Å². The minimum Gasteiger partial charge on any atom is -0.495 e. The van der Waals surface area contributed by atoms with Crippen LogP contribution in [-0.4, -0.2) is 69.1 Å². The zero-order chi connectivity index (χ0) is 22.0. The second-order valence-corrected chi connectivity index (χ2v) is 10.2. The first-order valence-electron chi connectivity index (χ1n) is 10.6. The first-order valence-corrected chi connectivity index (χ1v) is 12.4. The maximum Gasteiger partial charge on any atom is 0.243 e. The van der Waals surface area contributed by atoms with Crippen LogP contribution < -0.4 is 14.5 Å². The van der Waals surface area contributed by atoms with E-state index in [0.29, 0.717) is 31.9 Å². The SMILES string of the molecule is COc1ccc(S(=O)(=O)N2CCN(c3cc(C)nc(N4CCCCC4)n3)CC2)cc1Cl. The number of rotatable bonds is 5. The van der Waals surface area contributed by atoms with Crippen molar-refractivity contribution in [2.24, 2.45) is 0 Å².